The Labute approximate surface area is 102 Å². The van der Waals surface area contributed by atoms with E-state index in [1.165, 1.54) is 5.56 Å². The number of benzene rings is 1. The molecule has 1 fully saturated rings. The smallest absolute Gasteiger partial charge is 0.193 e. The molecule has 0 bridgehead atoms. The fraction of sp³-hybridized carbons (Fsp3) is 0.462. The lowest BCUT2D eigenvalue weighted by molar-refractivity contribution is -0.0235. The van der Waals surface area contributed by atoms with E-state index in [-0.39, 0.29) is 0 Å². The van der Waals surface area contributed by atoms with Crippen molar-refractivity contribution < 1.29 is 5.11 Å². The van der Waals surface area contributed by atoms with Crippen LogP contribution in [0.1, 0.15) is 24.8 Å². The van der Waals surface area contributed by atoms with Crippen LogP contribution in [-0.4, -0.2) is 23.2 Å². The van der Waals surface area contributed by atoms with E-state index >= 15 is 0 Å². The average molecular weight is 233 g/mol. The van der Waals surface area contributed by atoms with Crippen molar-refractivity contribution in [3.8, 4) is 0 Å². The van der Waals surface area contributed by atoms with E-state index in [2.05, 4.69) is 10.3 Å². The molecule has 0 heterocycles. The molecule has 0 aliphatic heterocycles. The summed E-state index contributed by atoms with van der Waals surface area (Å²) in [6.07, 6.45) is 2.74. The predicted molar refractivity (Wildman–Crippen MR) is 70.1 cm³/mol. The Bertz CT molecular complexity index is 424. The third kappa shape index (κ3) is 3.20. The molecule has 1 aromatic rings. The molecule has 0 spiro atoms. The molecule has 4 nitrogen and oxygen atoms in total. The van der Waals surface area contributed by atoms with Crippen molar-refractivity contribution >= 4 is 11.6 Å². The Morgan fingerprint density at radius 3 is 2.88 bits per heavy atom. The summed E-state index contributed by atoms with van der Waals surface area (Å²) < 4.78 is 0. The van der Waals surface area contributed by atoms with Crippen LogP contribution < -0.4 is 11.1 Å². The van der Waals surface area contributed by atoms with Gasteiger partial charge in [0.1, 0.15) is 0 Å². The Morgan fingerprint density at radius 2 is 2.29 bits per heavy atom. The number of anilines is 1. The number of nitrogens with zero attached hydrogens (tertiary/aromatic N) is 1. The van der Waals surface area contributed by atoms with Gasteiger partial charge in [0, 0.05) is 5.69 Å². The molecule has 0 unspecified atom stereocenters. The molecule has 1 aliphatic carbocycles. The number of aryl methyl sites for hydroxylation is 1. The lowest BCUT2D eigenvalue weighted by Crippen LogP contribution is -2.41. The van der Waals surface area contributed by atoms with Crippen molar-refractivity contribution in [3.63, 3.8) is 0 Å². The van der Waals surface area contributed by atoms with Crippen LogP contribution in [0.4, 0.5) is 5.69 Å². The average Bonchev–Trinajstić information content (AvgIpc) is 2.24. The summed E-state index contributed by atoms with van der Waals surface area (Å²) in [7, 11) is 0. The number of rotatable bonds is 3. The number of hydrogen-bond acceptors (Lipinski definition) is 2. The minimum absolute atomic E-state index is 0.357. The second-order valence-corrected chi connectivity index (χ2v) is 4.77. The molecule has 0 radical (unpaired) electrons. The topological polar surface area (TPSA) is 70.6 Å². The molecular formula is C13H19N3O. The van der Waals surface area contributed by atoms with Gasteiger partial charge < -0.3 is 16.2 Å². The molecule has 17 heavy (non-hydrogen) atoms. The van der Waals surface area contributed by atoms with Gasteiger partial charge in [-0.15, -0.1) is 0 Å². The first-order chi connectivity index (χ1) is 8.07. The first-order valence-corrected chi connectivity index (χ1v) is 5.93. The summed E-state index contributed by atoms with van der Waals surface area (Å²) in [5.41, 5.74) is 7.25. The van der Waals surface area contributed by atoms with Gasteiger partial charge in [0.05, 0.1) is 12.1 Å². The van der Waals surface area contributed by atoms with Crippen molar-refractivity contribution in [2.45, 2.75) is 31.8 Å². The predicted octanol–water partition coefficient (Wildman–Crippen LogP) is 1.64. The largest absolute Gasteiger partial charge is 0.388 e. The summed E-state index contributed by atoms with van der Waals surface area (Å²) in [5.74, 6) is 0.357. The van der Waals surface area contributed by atoms with E-state index in [9.17, 15) is 5.11 Å². The zero-order valence-electron chi connectivity index (χ0n) is 10.1. The van der Waals surface area contributed by atoms with Gasteiger partial charge in [-0.05, 0) is 43.9 Å². The Balaban J connectivity index is 1.92. The highest BCUT2D eigenvalue weighted by molar-refractivity contribution is 5.92. The molecule has 92 valence electrons. The zero-order chi connectivity index (χ0) is 12.3. The molecular weight excluding hydrogens is 214 g/mol. The van der Waals surface area contributed by atoms with Crippen molar-refractivity contribution in [1.29, 1.82) is 0 Å². The first-order valence-electron chi connectivity index (χ1n) is 5.93. The molecule has 1 aliphatic rings. The fourth-order valence-electron chi connectivity index (χ4n) is 1.89. The number of aliphatic hydroxyl groups is 1. The van der Waals surface area contributed by atoms with Gasteiger partial charge in [0.15, 0.2) is 5.96 Å². The second-order valence-electron chi connectivity index (χ2n) is 4.77. The van der Waals surface area contributed by atoms with Crippen LogP contribution in [0.3, 0.4) is 0 Å². The van der Waals surface area contributed by atoms with Crippen molar-refractivity contribution in [2.75, 3.05) is 11.9 Å². The van der Waals surface area contributed by atoms with Crippen molar-refractivity contribution in [2.24, 2.45) is 10.7 Å². The fourth-order valence-corrected chi connectivity index (χ4v) is 1.89. The van der Waals surface area contributed by atoms with Gasteiger partial charge in [-0.1, -0.05) is 12.1 Å². The highest BCUT2D eigenvalue weighted by Gasteiger charge is 2.33. The Hall–Kier alpha value is -1.55. The summed E-state index contributed by atoms with van der Waals surface area (Å²) in [5, 5.41) is 12.9. The molecule has 2 rings (SSSR count). The number of aliphatic imine (C=N–C) groups is 1. The second kappa shape index (κ2) is 4.75. The van der Waals surface area contributed by atoms with Gasteiger partial charge >= 0.3 is 0 Å². The van der Waals surface area contributed by atoms with E-state index in [4.69, 9.17) is 5.73 Å². The van der Waals surface area contributed by atoms with E-state index < -0.39 is 5.60 Å². The maximum absolute atomic E-state index is 9.88. The maximum atomic E-state index is 9.88. The van der Waals surface area contributed by atoms with Crippen LogP contribution >= 0.6 is 0 Å². The third-order valence-corrected chi connectivity index (χ3v) is 3.12. The standard InChI is InChI=1S/C13H19N3O/c1-10-4-2-5-11(8-10)16-12(14)15-9-13(17)6-3-7-13/h2,4-5,8,17H,3,6-7,9H2,1H3,(H3,14,15,16). The van der Waals surface area contributed by atoms with Crippen LogP contribution in [-0.2, 0) is 0 Å². The summed E-state index contributed by atoms with van der Waals surface area (Å²) in [4.78, 5) is 4.18. The minimum atomic E-state index is -0.612. The van der Waals surface area contributed by atoms with Crippen molar-refractivity contribution in [1.82, 2.24) is 0 Å². The molecule has 1 saturated carbocycles. The quantitative estimate of drug-likeness (QED) is 0.549. The van der Waals surface area contributed by atoms with E-state index in [0.717, 1.165) is 24.9 Å². The number of nitrogens with one attached hydrogen (secondary N) is 1. The molecule has 1 aromatic carbocycles. The SMILES string of the molecule is Cc1cccc(NC(N)=NCC2(O)CCC2)c1. The monoisotopic (exact) mass is 233 g/mol. The number of guanidine groups is 1. The highest BCUT2D eigenvalue weighted by Crippen LogP contribution is 2.31. The first kappa shape index (κ1) is 11.9. The van der Waals surface area contributed by atoms with Crippen LogP contribution in [0.2, 0.25) is 0 Å². The lowest BCUT2D eigenvalue weighted by atomic mass is 9.80. The van der Waals surface area contributed by atoms with Crippen LogP contribution in [0, 0.1) is 6.92 Å². The van der Waals surface area contributed by atoms with Crippen LogP contribution in [0.25, 0.3) is 0 Å². The zero-order valence-corrected chi connectivity index (χ0v) is 10.1. The minimum Gasteiger partial charge on any atom is -0.388 e. The summed E-state index contributed by atoms with van der Waals surface area (Å²) >= 11 is 0. The molecule has 4 N–H and O–H groups in total. The molecule has 0 aromatic heterocycles. The van der Waals surface area contributed by atoms with Gasteiger partial charge in [-0.2, -0.15) is 0 Å². The lowest BCUT2D eigenvalue weighted by Gasteiger charge is -2.34. The molecule has 0 amide bonds. The molecule has 0 saturated heterocycles. The van der Waals surface area contributed by atoms with Crippen LogP contribution in [0.15, 0.2) is 29.3 Å². The normalized spacial score (nSPS) is 18.6. The van der Waals surface area contributed by atoms with Crippen LogP contribution in [0.5, 0.6) is 0 Å². The highest BCUT2D eigenvalue weighted by atomic mass is 16.3. The van der Waals surface area contributed by atoms with Gasteiger partial charge in [-0.25, -0.2) is 0 Å². The Morgan fingerprint density at radius 1 is 1.53 bits per heavy atom. The van der Waals surface area contributed by atoms with Crippen molar-refractivity contribution in [3.05, 3.63) is 29.8 Å². The third-order valence-electron chi connectivity index (χ3n) is 3.12. The molecule has 4 heteroatoms. The summed E-state index contributed by atoms with van der Waals surface area (Å²) in [6.45, 7) is 2.41. The van der Waals surface area contributed by atoms with E-state index in [1.807, 2.05) is 31.2 Å². The Kier molecular flexibility index (Phi) is 3.33. The van der Waals surface area contributed by atoms with Gasteiger partial charge in [0.2, 0.25) is 0 Å². The maximum Gasteiger partial charge on any atom is 0.193 e. The van der Waals surface area contributed by atoms with Gasteiger partial charge in [0.25, 0.3) is 0 Å². The van der Waals surface area contributed by atoms with E-state index in [1.54, 1.807) is 0 Å². The number of nitrogens with two attached hydrogens (primary N) is 1. The number of hydrogen-bond donors (Lipinski definition) is 3. The van der Waals surface area contributed by atoms with E-state index in [0.29, 0.717) is 12.5 Å². The molecule has 0 atom stereocenters. The summed E-state index contributed by atoms with van der Waals surface area (Å²) in [6, 6.07) is 7.92. The van der Waals surface area contributed by atoms with Gasteiger partial charge in [-0.3, -0.25) is 4.99 Å².